The van der Waals surface area contributed by atoms with Crippen molar-refractivity contribution >= 4 is 15.9 Å². The van der Waals surface area contributed by atoms with Crippen LogP contribution in [0.15, 0.2) is 22.7 Å². The number of nitrogens with one attached hydrogen (secondary N) is 1. The van der Waals surface area contributed by atoms with Crippen LogP contribution in [0, 0.1) is 6.92 Å². The van der Waals surface area contributed by atoms with Crippen LogP contribution >= 0.6 is 15.9 Å². The molecule has 0 bridgehead atoms. The van der Waals surface area contributed by atoms with Crippen molar-refractivity contribution in [3.05, 3.63) is 33.8 Å². The van der Waals surface area contributed by atoms with E-state index < -0.39 is 0 Å². The molecule has 1 aliphatic heterocycles. The van der Waals surface area contributed by atoms with Crippen LogP contribution in [0.2, 0.25) is 0 Å². The van der Waals surface area contributed by atoms with Crippen molar-refractivity contribution in [2.45, 2.75) is 25.7 Å². The molecule has 0 amide bonds. The summed E-state index contributed by atoms with van der Waals surface area (Å²) in [5.74, 6) is 0.693. The van der Waals surface area contributed by atoms with Crippen LogP contribution in [-0.4, -0.2) is 13.1 Å². The third-order valence-electron chi connectivity index (χ3n) is 2.89. The van der Waals surface area contributed by atoms with Gasteiger partial charge in [0.05, 0.1) is 0 Å². The largest absolute Gasteiger partial charge is 0.316 e. The number of hydrogen-bond donors (Lipinski definition) is 1. The quantitative estimate of drug-likeness (QED) is 0.811. The van der Waals surface area contributed by atoms with E-state index in [2.05, 4.69) is 46.4 Å². The molecule has 2 heteroatoms. The minimum absolute atomic E-state index is 0.693. The van der Waals surface area contributed by atoms with Crippen LogP contribution in [0.3, 0.4) is 0 Å². The molecule has 76 valence electrons. The fourth-order valence-electron chi connectivity index (χ4n) is 2.09. The normalized spacial score (nSPS) is 22.3. The second kappa shape index (κ2) is 4.45. The van der Waals surface area contributed by atoms with E-state index in [-0.39, 0.29) is 0 Å². The molecule has 2 rings (SSSR count). The molecule has 14 heavy (non-hydrogen) atoms. The Kier molecular flexibility index (Phi) is 3.24. The van der Waals surface area contributed by atoms with Gasteiger partial charge in [-0.05, 0) is 43.9 Å². The summed E-state index contributed by atoms with van der Waals surface area (Å²) < 4.78 is 1.26. The lowest BCUT2D eigenvalue weighted by molar-refractivity contribution is 0.460. The summed E-state index contributed by atoms with van der Waals surface area (Å²) in [5, 5.41) is 3.46. The Balaban J connectivity index is 2.24. The molecule has 1 N–H and O–H groups in total. The molecule has 1 heterocycles. The zero-order valence-corrected chi connectivity index (χ0v) is 10.1. The Labute approximate surface area is 94.0 Å². The molecule has 1 nitrogen and oxygen atoms in total. The van der Waals surface area contributed by atoms with Gasteiger partial charge in [0.25, 0.3) is 0 Å². The molecule has 1 aromatic rings. The van der Waals surface area contributed by atoms with Crippen LogP contribution in [-0.2, 0) is 0 Å². The van der Waals surface area contributed by atoms with Gasteiger partial charge in [0.1, 0.15) is 0 Å². The number of halogens is 1. The van der Waals surface area contributed by atoms with Gasteiger partial charge in [-0.3, -0.25) is 0 Å². The smallest absolute Gasteiger partial charge is 0.0210 e. The molecule has 0 saturated carbocycles. The van der Waals surface area contributed by atoms with E-state index in [9.17, 15) is 0 Å². The van der Waals surface area contributed by atoms with E-state index >= 15 is 0 Å². The highest BCUT2D eigenvalue weighted by Gasteiger charge is 2.17. The molecule has 0 radical (unpaired) electrons. The number of hydrogen-bond acceptors (Lipinski definition) is 1. The number of benzene rings is 1. The summed E-state index contributed by atoms with van der Waals surface area (Å²) in [4.78, 5) is 0. The van der Waals surface area contributed by atoms with Gasteiger partial charge in [0.2, 0.25) is 0 Å². The highest BCUT2D eigenvalue weighted by molar-refractivity contribution is 9.10. The predicted molar refractivity (Wildman–Crippen MR) is 63.7 cm³/mol. The fourth-order valence-corrected chi connectivity index (χ4v) is 2.66. The first-order valence-electron chi connectivity index (χ1n) is 5.24. The van der Waals surface area contributed by atoms with Crippen molar-refractivity contribution in [2.24, 2.45) is 0 Å². The Morgan fingerprint density at radius 2 is 2.29 bits per heavy atom. The number of piperidine rings is 1. The molecule has 1 aromatic carbocycles. The highest BCUT2D eigenvalue weighted by atomic mass is 79.9. The van der Waals surface area contributed by atoms with E-state index in [0.29, 0.717) is 5.92 Å². The highest BCUT2D eigenvalue weighted by Crippen LogP contribution is 2.30. The van der Waals surface area contributed by atoms with Gasteiger partial charge in [-0.1, -0.05) is 33.6 Å². The zero-order valence-electron chi connectivity index (χ0n) is 8.52. The van der Waals surface area contributed by atoms with Crippen molar-refractivity contribution in [3.8, 4) is 0 Å². The third kappa shape index (κ3) is 2.18. The zero-order chi connectivity index (χ0) is 9.97. The fraction of sp³-hybridized carbons (Fsp3) is 0.500. The summed E-state index contributed by atoms with van der Waals surface area (Å²) in [6.07, 6.45) is 2.61. The minimum Gasteiger partial charge on any atom is -0.316 e. The minimum atomic E-state index is 0.693. The molecule has 0 aromatic heterocycles. The predicted octanol–water partition coefficient (Wildman–Crippen LogP) is 3.22. The van der Waals surface area contributed by atoms with Crippen LogP contribution in [0.5, 0.6) is 0 Å². The monoisotopic (exact) mass is 253 g/mol. The van der Waals surface area contributed by atoms with Crippen molar-refractivity contribution in [2.75, 3.05) is 13.1 Å². The molecule has 1 saturated heterocycles. The molecule has 0 spiro atoms. The summed E-state index contributed by atoms with van der Waals surface area (Å²) in [6.45, 7) is 4.47. The molecule has 1 atom stereocenters. The van der Waals surface area contributed by atoms with Gasteiger partial charge in [-0.25, -0.2) is 0 Å². The van der Waals surface area contributed by atoms with Gasteiger partial charge in [-0.15, -0.1) is 0 Å². The van der Waals surface area contributed by atoms with Crippen molar-refractivity contribution in [1.82, 2.24) is 5.32 Å². The molecule has 0 unspecified atom stereocenters. The maximum atomic E-state index is 3.64. The Morgan fingerprint density at radius 1 is 1.43 bits per heavy atom. The van der Waals surface area contributed by atoms with Gasteiger partial charge >= 0.3 is 0 Å². The molecule has 0 aliphatic carbocycles. The van der Waals surface area contributed by atoms with Crippen molar-refractivity contribution < 1.29 is 0 Å². The summed E-state index contributed by atoms with van der Waals surface area (Å²) >= 11 is 3.64. The van der Waals surface area contributed by atoms with E-state index in [1.807, 2.05) is 0 Å². The van der Waals surface area contributed by atoms with E-state index in [0.717, 1.165) is 6.54 Å². The standard InChI is InChI=1S/C12H16BrN/c1-9-4-5-12(13)11(7-9)10-3-2-6-14-8-10/h4-5,7,10,14H,2-3,6,8H2,1H3/t10-/m0/s1. The number of rotatable bonds is 1. The SMILES string of the molecule is Cc1ccc(Br)c([C@H]2CCCNC2)c1. The van der Waals surface area contributed by atoms with Crippen LogP contribution < -0.4 is 5.32 Å². The lowest BCUT2D eigenvalue weighted by Gasteiger charge is -2.24. The summed E-state index contributed by atoms with van der Waals surface area (Å²) in [5.41, 5.74) is 2.82. The first kappa shape index (κ1) is 10.2. The van der Waals surface area contributed by atoms with E-state index in [4.69, 9.17) is 0 Å². The van der Waals surface area contributed by atoms with Crippen LogP contribution in [0.1, 0.15) is 29.9 Å². The third-order valence-corrected chi connectivity index (χ3v) is 3.61. The van der Waals surface area contributed by atoms with Gasteiger partial charge < -0.3 is 5.32 Å². The second-order valence-electron chi connectivity index (χ2n) is 4.07. The lowest BCUT2D eigenvalue weighted by atomic mass is 9.91. The molecule has 1 fully saturated rings. The summed E-state index contributed by atoms with van der Waals surface area (Å²) in [7, 11) is 0. The first-order valence-corrected chi connectivity index (χ1v) is 6.03. The Morgan fingerprint density at radius 3 is 3.00 bits per heavy atom. The lowest BCUT2D eigenvalue weighted by Crippen LogP contribution is -2.28. The second-order valence-corrected chi connectivity index (χ2v) is 4.92. The molecular formula is C12H16BrN. The van der Waals surface area contributed by atoms with Gasteiger partial charge in [0, 0.05) is 11.0 Å². The maximum absolute atomic E-state index is 3.64. The van der Waals surface area contributed by atoms with Crippen LogP contribution in [0.25, 0.3) is 0 Å². The Bertz CT molecular complexity index is 316. The van der Waals surface area contributed by atoms with Crippen LogP contribution in [0.4, 0.5) is 0 Å². The van der Waals surface area contributed by atoms with E-state index in [1.165, 1.54) is 35.0 Å². The van der Waals surface area contributed by atoms with Crippen molar-refractivity contribution in [3.63, 3.8) is 0 Å². The summed E-state index contributed by atoms with van der Waals surface area (Å²) in [6, 6.07) is 6.63. The Hall–Kier alpha value is -0.340. The average molecular weight is 254 g/mol. The number of aryl methyl sites for hydroxylation is 1. The first-order chi connectivity index (χ1) is 6.77. The van der Waals surface area contributed by atoms with Gasteiger partial charge in [0.15, 0.2) is 0 Å². The maximum Gasteiger partial charge on any atom is 0.0210 e. The molecular weight excluding hydrogens is 238 g/mol. The van der Waals surface area contributed by atoms with Crippen molar-refractivity contribution in [1.29, 1.82) is 0 Å². The molecule has 1 aliphatic rings. The topological polar surface area (TPSA) is 12.0 Å². The average Bonchev–Trinajstić information content (AvgIpc) is 2.23. The van der Waals surface area contributed by atoms with E-state index in [1.54, 1.807) is 0 Å². The van der Waals surface area contributed by atoms with Gasteiger partial charge in [-0.2, -0.15) is 0 Å².